The average Bonchev–Trinajstić information content (AvgIpc) is 2.78. The van der Waals surface area contributed by atoms with E-state index in [9.17, 15) is 9.59 Å². The molecule has 0 amide bonds. The Bertz CT molecular complexity index is 1330. The first-order chi connectivity index (χ1) is 14.5. The summed E-state index contributed by atoms with van der Waals surface area (Å²) >= 11 is 0. The van der Waals surface area contributed by atoms with E-state index < -0.39 is 0 Å². The van der Waals surface area contributed by atoms with E-state index in [0.29, 0.717) is 39.4 Å². The Kier molecular flexibility index (Phi) is 5.02. The van der Waals surface area contributed by atoms with Crippen molar-refractivity contribution in [3.63, 3.8) is 0 Å². The Morgan fingerprint density at radius 3 is 2.40 bits per heavy atom. The zero-order valence-electron chi connectivity index (χ0n) is 16.8. The Balaban J connectivity index is 2.01. The SMILES string of the molecule is C=C(c1ccccc1OC)c1nc2ccccn2c(=O)c1-c1ccc(C(C)=O)cc1. The fourth-order valence-corrected chi connectivity index (χ4v) is 3.46. The third kappa shape index (κ3) is 3.31. The molecule has 4 aromatic rings. The Morgan fingerprint density at radius 1 is 1.00 bits per heavy atom. The molecule has 0 bridgehead atoms. The summed E-state index contributed by atoms with van der Waals surface area (Å²) in [6.07, 6.45) is 1.69. The summed E-state index contributed by atoms with van der Waals surface area (Å²) in [6, 6.07) is 19.9. The summed E-state index contributed by atoms with van der Waals surface area (Å²) in [7, 11) is 1.59. The monoisotopic (exact) mass is 396 g/mol. The number of hydrogen-bond donors (Lipinski definition) is 0. The van der Waals surface area contributed by atoms with Gasteiger partial charge in [0.1, 0.15) is 11.4 Å². The summed E-state index contributed by atoms with van der Waals surface area (Å²) in [5, 5.41) is 0. The Hall–Kier alpha value is -3.99. The van der Waals surface area contributed by atoms with Crippen LogP contribution in [0.25, 0.3) is 22.3 Å². The van der Waals surface area contributed by atoms with Crippen LogP contribution in [-0.2, 0) is 0 Å². The molecule has 0 aliphatic carbocycles. The van der Waals surface area contributed by atoms with Crippen molar-refractivity contribution in [2.24, 2.45) is 0 Å². The summed E-state index contributed by atoms with van der Waals surface area (Å²) in [4.78, 5) is 29.9. The smallest absolute Gasteiger partial charge is 0.266 e. The van der Waals surface area contributed by atoms with Gasteiger partial charge in [0.05, 0.1) is 18.4 Å². The van der Waals surface area contributed by atoms with Crippen LogP contribution in [-0.4, -0.2) is 22.3 Å². The normalized spacial score (nSPS) is 10.7. The predicted octanol–water partition coefficient (Wildman–Crippen LogP) is 4.63. The molecule has 0 saturated heterocycles. The van der Waals surface area contributed by atoms with Crippen molar-refractivity contribution in [3.8, 4) is 16.9 Å². The molecular weight excluding hydrogens is 376 g/mol. The molecule has 0 N–H and O–H groups in total. The molecule has 4 rings (SSSR count). The van der Waals surface area contributed by atoms with Crippen molar-refractivity contribution in [2.45, 2.75) is 6.92 Å². The van der Waals surface area contributed by atoms with Gasteiger partial charge in [-0.15, -0.1) is 0 Å². The molecule has 0 fully saturated rings. The van der Waals surface area contributed by atoms with Crippen LogP contribution in [0.1, 0.15) is 28.5 Å². The average molecular weight is 396 g/mol. The van der Waals surface area contributed by atoms with E-state index in [0.717, 1.165) is 5.56 Å². The molecule has 0 spiro atoms. The van der Waals surface area contributed by atoms with Gasteiger partial charge in [-0.2, -0.15) is 0 Å². The first-order valence-corrected chi connectivity index (χ1v) is 9.46. The molecule has 2 heterocycles. The van der Waals surface area contributed by atoms with Crippen LogP contribution in [0.5, 0.6) is 5.75 Å². The molecule has 148 valence electrons. The number of ether oxygens (including phenoxy) is 1. The lowest BCUT2D eigenvalue weighted by Crippen LogP contribution is -2.19. The van der Waals surface area contributed by atoms with Crippen LogP contribution in [0.4, 0.5) is 0 Å². The number of aromatic nitrogens is 2. The number of methoxy groups -OCH3 is 1. The van der Waals surface area contributed by atoms with Crippen molar-refractivity contribution < 1.29 is 9.53 Å². The fourth-order valence-electron chi connectivity index (χ4n) is 3.46. The molecule has 2 aromatic carbocycles. The second-order valence-corrected chi connectivity index (χ2v) is 6.88. The van der Waals surface area contributed by atoms with Crippen molar-refractivity contribution in [3.05, 3.63) is 107 Å². The van der Waals surface area contributed by atoms with E-state index >= 15 is 0 Å². The zero-order valence-corrected chi connectivity index (χ0v) is 16.8. The lowest BCUT2D eigenvalue weighted by molar-refractivity contribution is 0.101. The number of nitrogens with zero attached hydrogens (tertiary/aromatic N) is 2. The molecule has 5 nitrogen and oxygen atoms in total. The molecular formula is C25H20N2O3. The van der Waals surface area contributed by atoms with Crippen LogP contribution >= 0.6 is 0 Å². The van der Waals surface area contributed by atoms with Gasteiger partial charge < -0.3 is 4.74 Å². The second kappa shape index (κ2) is 7.79. The van der Waals surface area contributed by atoms with Gasteiger partial charge in [0.2, 0.25) is 0 Å². The fraction of sp³-hybridized carbons (Fsp3) is 0.0800. The summed E-state index contributed by atoms with van der Waals surface area (Å²) in [5.74, 6) is 0.615. The van der Waals surface area contributed by atoms with E-state index in [4.69, 9.17) is 9.72 Å². The molecule has 0 atom stereocenters. The molecule has 0 saturated carbocycles. The van der Waals surface area contributed by atoms with Crippen LogP contribution < -0.4 is 10.3 Å². The standard InChI is InChI=1S/C25H20N2O3/c1-16(20-8-4-5-9-21(20)30-3)24-23(19-13-11-18(12-14-19)17(2)28)25(29)27-15-7-6-10-22(27)26-24/h4-15H,1H2,2-3H3. The third-order valence-corrected chi connectivity index (χ3v) is 5.03. The van der Waals surface area contributed by atoms with Gasteiger partial charge in [0, 0.05) is 22.9 Å². The zero-order chi connectivity index (χ0) is 21.3. The second-order valence-electron chi connectivity index (χ2n) is 6.88. The largest absolute Gasteiger partial charge is 0.496 e. The summed E-state index contributed by atoms with van der Waals surface area (Å²) < 4.78 is 6.99. The van der Waals surface area contributed by atoms with Crippen LogP contribution in [0, 0.1) is 0 Å². The van der Waals surface area contributed by atoms with Gasteiger partial charge in [-0.3, -0.25) is 14.0 Å². The molecule has 30 heavy (non-hydrogen) atoms. The minimum absolute atomic E-state index is 0.0337. The minimum Gasteiger partial charge on any atom is -0.496 e. The topological polar surface area (TPSA) is 60.7 Å². The molecule has 0 aliphatic heterocycles. The molecule has 0 radical (unpaired) electrons. The van der Waals surface area contributed by atoms with Crippen LogP contribution in [0.3, 0.4) is 0 Å². The van der Waals surface area contributed by atoms with Gasteiger partial charge in [-0.1, -0.05) is 55.1 Å². The number of ketones is 1. The highest BCUT2D eigenvalue weighted by Gasteiger charge is 2.20. The number of benzene rings is 2. The number of para-hydroxylation sites is 1. The number of hydrogen-bond acceptors (Lipinski definition) is 4. The highest BCUT2D eigenvalue weighted by Crippen LogP contribution is 2.33. The van der Waals surface area contributed by atoms with Gasteiger partial charge in [0.15, 0.2) is 5.78 Å². The summed E-state index contributed by atoms with van der Waals surface area (Å²) in [6.45, 7) is 5.75. The Morgan fingerprint density at radius 2 is 1.70 bits per heavy atom. The first kappa shape index (κ1) is 19.3. The van der Waals surface area contributed by atoms with Gasteiger partial charge in [0.25, 0.3) is 5.56 Å². The molecule has 2 aromatic heterocycles. The Labute approximate surface area is 173 Å². The van der Waals surface area contributed by atoms with Crippen LogP contribution in [0.15, 0.2) is 84.3 Å². The van der Waals surface area contributed by atoms with Crippen molar-refractivity contribution >= 4 is 17.0 Å². The number of pyridine rings is 1. The third-order valence-electron chi connectivity index (χ3n) is 5.03. The van der Waals surface area contributed by atoms with E-state index in [-0.39, 0.29) is 11.3 Å². The highest BCUT2D eigenvalue weighted by molar-refractivity contribution is 5.95. The van der Waals surface area contributed by atoms with Crippen molar-refractivity contribution in [2.75, 3.05) is 7.11 Å². The lowest BCUT2D eigenvalue weighted by atomic mass is 9.95. The van der Waals surface area contributed by atoms with E-state index in [2.05, 4.69) is 6.58 Å². The van der Waals surface area contributed by atoms with Crippen molar-refractivity contribution in [1.82, 2.24) is 9.38 Å². The number of Topliss-reactive ketones (excluding diaryl/α,β-unsaturated/α-hetero) is 1. The molecule has 0 aliphatic rings. The van der Waals surface area contributed by atoms with E-state index in [1.165, 1.54) is 11.3 Å². The van der Waals surface area contributed by atoms with Gasteiger partial charge >= 0.3 is 0 Å². The maximum atomic E-state index is 13.4. The first-order valence-electron chi connectivity index (χ1n) is 9.46. The number of carbonyl (C=O) groups is 1. The maximum Gasteiger partial charge on any atom is 0.266 e. The lowest BCUT2D eigenvalue weighted by Gasteiger charge is -2.15. The predicted molar refractivity (Wildman–Crippen MR) is 118 cm³/mol. The van der Waals surface area contributed by atoms with Crippen molar-refractivity contribution in [1.29, 1.82) is 0 Å². The van der Waals surface area contributed by atoms with Crippen LogP contribution in [0.2, 0.25) is 0 Å². The van der Waals surface area contributed by atoms with Gasteiger partial charge in [-0.05, 0) is 30.7 Å². The highest BCUT2D eigenvalue weighted by atomic mass is 16.5. The number of rotatable bonds is 5. The number of fused-ring (bicyclic) bond motifs is 1. The minimum atomic E-state index is -0.206. The number of carbonyl (C=O) groups excluding carboxylic acids is 1. The maximum absolute atomic E-state index is 13.4. The quantitative estimate of drug-likeness (QED) is 0.461. The molecule has 5 heteroatoms. The van der Waals surface area contributed by atoms with E-state index in [1.54, 1.807) is 49.7 Å². The summed E-state index contributed by atoms with van der Waals surface area (Å²) in [5.41, 5.74) is 3.81. The van der Waals surface area contributed by atoms with E-state index in [1.807, 2.05) is 30.3 Å². The van der Waals surface area contributed by atoms with Gasteiger partial charge in [-0.25, -0.2) is 4.98 Å². The molecule has 0 unspecified atom stereocenters.